The Morgan fingerprint density at radius 2 is 2.11 bits per heavy atom. The predicted molar refractivity (Wildman–Crippen MR) is 133 cm³/mol. The molecule has 4 aliphatic rings. The molecule has 5 heterocycles. The van der Waals surface area contributed by atoms with Crippen LogP contribution in [0.2, 0.25) is 0 Å². The molecule has 37 heavy (non-hydrogen) atoms. The first-order valence-corrected chi connectivity index (χ1v) is 13.2. The number of amides is 3. The van der Waals surface area contributed by atoms with E-state index in [4.69, 9.17) is 11.1 Å². The maximum atomic E-state index is 12.9. The fourth-order valence-corrected chi connectivity index (χ4v) is 6.65. The second-order valence-electron chi connectivity index (χ2n) is 8.85. The number of nitrogens with two attached hydrogens (primary N) is 1. The summed E-state index contributed by atoms with van der Waals surface area (Å²) in [5.41, 5.74) is 6.21. The SMILES string of the molecule is N=CN1CC(N2CCC(=CC3=C(C(=O)O)N4C(=O)C(NC(=O)C(N=O)c5csc(N)n5)C4SC3)C2=O)C1. The van der Waals surface area contributed by atoms with Gasteiger partial charge in [-0.3, -0.25) is 24.7 Å². The van der Waals surface area contributed by atoms with Crippen molar-refractivity contribution >= 4 is 58.3 Å². The van der Waals surface area contributed by atoms with E-state index >= 15 is 0 Å². The number of likely N-dealkylation sites (tertiary alicyclic amines) is 2. The molecule has 0 aromatic carbocycles. The first-order valence-electron chi connectivity index (χ1n) is 11.2. The molecule has 3 saturated heterocycles. The van der Waals surface area contributed by atoms with Crippen molar-refractivity contribution < 1.29 is 24.3 Å². The van der Waals surface area contributed by atoms with E-state index in [-0.39, 0.29) is 34.2 Å². The molecule has 5 N–H and O–H groups in total. The van der Waals surface area contributed by atoms with Crippen molar-refractivity contribution in [3.63, 3.8) is 0 Å². The van der Waals surface area contributed by atoms with E-state index < -0.39 is 35.2 Å². The van der Waals surface area contributed by atoms with Crippen molar-refractivity contribution in [1.82, 2.24) is 25.0 Å². The van der Waals surface area contributed by atoms with Crippen LogP contribution in [-0.2, 0) is 19.2 Å². The van der Waals surface area contributed by atoms with Crippen LogP contribution in [0.15, 0.2) is 33.5 Å². The van der Waals surface area contributed by atoms with Crippen LogP contribution < -0.4 is 11.1 Å². The predicted octanol–water partition coefficient (Wildman–Crippen LogP) is -0.279. The molecule has 0 spiro atoms. The van der Waals surface area contributed by atoms with Crippen molar-refractivity contribution in [2.45, 2.75) is 29.9 Å². The number of aliphatic carboxylic acids is 1. The van der Waals surface area contributed by atoms with Crippen LogP contribution in [0.4, 0.5) is 5.13 Å². The van der Waals surface area contributed by atoms with Gasteiger partial charge in [-0.25, -0.2) is 9.78 Å². The monoisotopic (exact) mass is 546 g/mol. The molecule has 3 atom stereocenters. The third kappa shape index (κ3) is 4.25. The van der Waals surface area contributed by atoms with Crippen LogP contribution in [-0.4, -0.2) is 97.7 Å². The summed E-state index contributed by atoms with van der Waals surface area (Å²) in [6.07, 6.45) is 3.25. The van der Waals surface area contributed by atoms with Gasteiger partial charge in [0.2, 0.25) is 11.9 Å². The van der Waals surface area contributed by atoms with E-state index in [1.54, 1.807) is 15.9 Å². The Morgan fingerprint density at radius 1 is 1.35 bits per heavy atom. The van der Waals surface area contributed by atoms with Gasteiger partial charge in [0.1, 0.15) is 17.1 Å². The normalized spacial score (nSPS) is 25.5. The summed E-state index contributed by atoms with van der Waals surface area (Å²) in [7, 11) is 0. The van der Waals surface area contributed by atoms with Gasteiger partial charge in [0.25, 0.3) is 11.8 Å². The smallest absolute Gasteiger partial charge is 0.352 e. The van der Waals surface area contributed by atoms with Gasteiger partial charge >= 0.3 is 5.97 Å². The average Bonchev–Trinajstić information content (AvgIpc) is 3.42. The number of nitroso groups, excluding NO2 is 1. The Labute approximate surface area is 218 Å². The molecule has 3 unspecified atom stereocenters. The highest BCUT2D eigenvalue weighted by Gasteiger charge is 2.54. The number of carboxylic acid groups (broad SMARTS) is 1. The average molecular weight is 547 g/mol. The number of allylic oxidation sites excluding steroid dienone is 1. The number of β-lactam (4-membered cyclic amide) rings is 1. The second kappa shape index (κ2) is 9.59. The van der Waals surface area contributed by atoms with E-state index in [0.29, 0.717) is 37.2 Å². The molecule has 1 aromatic heterocycles. The number of nitrogen functional groups attached to an aromatic ring is 1. The van der Waals surface area contributed by atoms with E-state index in [1.807, 2.05) is 0 Å². The second-order valence-corrected chi connectivity index (χ2v) is 10.8. The lowest BCUT2D eigenvalue weighted by molar-refractivity contribution is -0.150. The zero-order valence-corrected chi connectivity index (χ0v) is 20.8. The van der Waals surface area contributed by atoms with Crippen molar-refractivity contribution in [3.05, 3.63) is 38.9 Å². The summed E-state index contributed by atoms with van der Waals surface area (Å²) in [6, 6.07) is -2.51. The Balaban J connectivity index is 1.31. The molecule has 0 aliphatic carbocycles. The zero-order chi connectivity index (χ0) is 26.4. The number of hydrogen-bond donors (Lipinski definition) is 4. The zero-order valence-electron chi connectivity index (χ0n) is 19.2. The molecule has 0 radical (unpaired) electrons. The number of nitrogens with one attached hydrogen (secondary N) is 2. The molecule has 3 fully saturated rings. The van der Waals surface area contributed by atoms with Gasteiger partial charge in [-0.1, -0.05) is 0 Å². The molecule has 14 nitrogen and oxygen atoms in total. The van der Waals surface area contributed by atoms with E-state index in [1.165, 1.54) is 23.5 Å². The van der Waals surface area contributed by atoms with Gasteiger partial charge in [0.05, 0.1) is 18.1 Å². The number of hydrogen-bond acceptors (Lipinski definition) is 11. The molecule has 16 heteroatoms. The number of carbonyl (C=O) groups is 4. The summed E-state index contributed by atoms with van der Waals surface area (Å²) >= 11 is 2.29. The van der Waals surface area contributed by atoms with E-state index in [9.17, 15) is 29.2 Å². The minimum absolute atomic E-state index is 0.0183. The van der Waals surface area contributed by atoms with Crippen LogP contribution in [0.5, 0.6) is 0 Å². The lowest BCUT2D eigenvalue weighted by atomic mass is 10.0. The summed E-state index contributed by atoms with van der Waals surface area (Å²) < 4.78 is 0. The van der Waals surface area contributed by atoms with Crippen molar-refractivity contribution in [2.24, 2.45) is 5.18 Å². The van der Waals surface area contributed by atoms with E-state index in [2.05, 4.69) is 15.5 Å². The summed E-state index contributed by atoms with van der Waals surface area (Å²) in [6.45, 7) is 1.70. The van der Waals surface area contributed by atoms with Crippen LogP contribution in [0.3, 0.4) is 0 Å². The Morgan fingerprint density at radius 3 is 2.73 bits per heavy atom. The number of nitrogens with zero attached hydrogens (tertiary/aromatic N) is 5. The van der Waals surface area contributed by atoms with Crippen molar-refractivity contribution in [3.8, 4) is 0 Å². The van der Waals surface area contributed by atoms with Crippen LogP contribution in [0, 0.1) is 10.3 Å². The van der Waals surface area contributed by atoms with Crippen LogP contribution in [0.25, 0.3) is 0 Å². The number of aromatic nitrogens is 1. The molecule has 1 aromatic rings. The third-order valence-corrected chi connectivity index (χ3v) is 8.69. The number of rotatable bonds is 8. The van der Waals surface area contributed by atoms with Crippen LogP contribution in [0.1, 0.15) is 18.2 Å². The molecule has 0 bridgehead atoms. The van der Waals surface area contributed by atoms with Gasteiger partial charge < -0.3 is 26.0 Å². The largest absolute Gasteiger partial charge is 0.477 e. The topological polar surface area (TPSA) is 202 Å². The maximum absolute atomic E-state index is 12.9. The summed E-state index contributed by atoms with van der Waals surface area (Å²) in [4.78, 5) is 70.5. The van der Waals surface area contributed by atoms with Gasteiger partial charge in [-0.15, -0.1) is 28.0 Å². The molecule has 194 valence electrons. The maximum Gasteiger partial charge on any atom is 0.352 e. The van der Waals surface area contributed by atoms with Crippen molar-refractivity contribution in [2.75, 3.05) is 31.1 Å². The minimum atomic E-state index is -1.49. The molecule has 5 rings (SSSR count). The Hall–Kier alpha value is -3.79. The Bertz CT molecular complexity index is 1270. The van der Waals surface area contributed by atoms with E-state index in [0.717, 1.165) is 16.2 Å². The van der Waals surface area contributed by atoms with Gasteiger partial charge in [0, 0.05) is 36.3 Å². The minimum Gasteiger partial charge on any atom is -0.477 e. The fourth-order valence-electron chi connectivity index (χ4n) is 4.77. The molecule has 4 aliphatic heterocycles. The number of thioether (sulfide) groups is 1. The molecular formula is C21H22N8O6S2. The van der Waals surface area contributed by atoms with Crippen LogP contribution >= 0.6 is 23.1 Å². The first kappa shape index (κ1) is 24.9. The van der Waals surface area contributed by atoms with Gasteiger partial charge in [-0.05, 0) is 23.2 Å². The van der Waals surface area contributed by atoms with Crippen molar-refractivity contribution in [1.29, 1.82) is 5.41 Å². The lowest BCUT2D eigenvalue weighted by Crippen LogP contribution is -2.70. The first-order chi connectivity index (χ1) is 17.7. The highest BCUT2D eigenvalue weighted by Crippen LogP contribution is 2.41. The highest BCUT2D eigenvalue weighted by atomic mass is 32.2. The highest BCUT2D eigenvalue weighted by molar-refractivity contribution is 8.00. The standard InChI is InChI=1S/C21H22N8O6S2/c22-8-27-4-11(5-27)28-2-1-9(17(28)31)3-10-6-36-19-14(18(32)29(19)15(10)20(33)34)25-16(30)13(26-35)12-7-37-21(23)24-12/h3,7-8,11,13-14,19,22H,1-2,4-6H2,(H2,23,24)(H,25,30)(H,33,34). The Kier molecular flexibility index (Phi) is 6.45. The lowest BCUT2D eigenvalue weighted by Gasteiger charge is -2.49. The molecule has 0 saturated carbocycles. The molecule has 3 amide bonds. The van der Waals surface area contributed by atoms with Gasteiger partial charge in [0.15, 0.2) is 5.13 Å². The number of carbonyl (C=O) groups excluding carboxylic acids is 3. The molecular weight excluding hydrogens is 524 g/mol. The summed E-state index contributed by atoms with van der Waals surface area (Å²) in [5.74, 6) is -2.75. The van der Waals surface area contributed by atoms with Gasteiger partial charge in [-0.2, -0.15) is 0 Å². The number of fused-ring (bicyclic) bond motifs is 1. The number of anilines is 1. The third-order valence-electron chi connectivity index (χ3n) is 6.69. The number of carboxylic acids is 1. The fraction of sp³-hybridized carbons (Fsp3) is 0.429. The summed E-state index contributed by atoms with van der Waals surface area (Å²) in [5, 5.41) is 23.4. The quantitative estimate of drug-likeness (QED) is 0.110. The number of thiazole rings is 1.